The van der Waals surface area contributed by atoms with Crippen molar-refractivity contribution in [2.24, 2.45) is 0 Å². The fraction of sp³-hybridized carbons (Fsp3) is 0.188. The van der Waals surface area contributed by atoms with Crippen LogP contribution in [0.25, 0.3) is 0 Å². The molecule has 0 saturated heterocycles. The molecule has 0 radical (unpaired) electrons. The van der Waals surface area contributed by atoms with Gasteiger partial charge in [-0.1, -0.05) is 22.0 Å². The van der Waals surface area contributed by atoms with Crippen LogP contribution in [0.5, 0.6) is 5.75 Å². The van der Waals surface area contributed by atoms with Crippen LogP contribution in [-0.2, 0) is 0 Å². The summed E-state index contributed by atoms with van der Waals surface area (Å²) in [6.07, 6.45) is 0. The normalized spacial score (nSPS) is 10.2. The van der Waals surface area contributed by atoms with Gasteiger partial charge in [-0.15, -0.1) is 0 Å². The average Bonchev–Trinajstić information content (AvgIpc) is 2.40. The van der Waals surface area contributed by atoms with E-state index in [1.807, 2.05) is 32.0 Å². The molecular formula is C16H17BrN2O2. The Bertz CT molecular complexity index is 651. The standard InChI is InChI=1S/C16H17BrN2O2/c1-3-21-15-13(5-4-6-14(15)18)16(20)19-12-8-10(2)7-11(17)9-12/h4-9H,3,18H2,1-2H3,(H,19,20). The Labute approximate surface area is 132 Å². The van der Waals surface area contributed by atoms with Crippen LogP contribution in [0.1, 0.15) is 22.8 Å². The van der Waals surface area contributed by atoms with Crippen molar-refractivity contribution in [3.8, 4) is 5.75 Å². The molecule has 0 aliphatic rings. The summed E-state index contributed by atoms with van der Waals surface area (Å²) in [6.45, 7) is 4.27. The van der Waals surface area contributed by atoms with Gasteiger partial charge in [-0.25, -0.2) is 0 Å². The first-order chi connectivity index (χ1) is 10.0. The van der Waals surface area contributed by atoms with E-state index in [-0.39, 0.29) is 5.91 Å². The number of anilines is 2. The molecule has 3 N–H and O–H groups in total. The highest BCUT2D eigenvalue weighted by atomic mass is 79.9. The van der Waals surface area contributed by atoms with Crippen molar-refractivity contribution in [3.05, 3.63) is 52.0 Å². The molecule has 21 heavy (non-hydrogen) atoms. The third-order valence-corrected chi connectivity index (χ3v) is 3.34. The Kier molecular flexibility index (Phi) is 4.85. The minimum Gasteiger partial charge on any atom is -0.491 e. The van der Waals surface area contributed by atoms with Gasteiger partial charge in [0.25, 0.3) is 5.91 Å². The molecule has 1 amide bonds. The van der Waals surface area contributed by atoms with Crippen LogP contribution in [0.3, 0.4) is 0 Å². The van der Waals surface area contributed by atoms with E-state index < -0.39 is 0 Å². The number of halogens is 1. The van der Waals surface area contributed by atoms with Crippen LogP contribution < -0.4 is 15.8 Å². The topological polar surface area (TPSA) is 64.3 Å². The molecule has 0 spiro atoms. The summed E-state index contributed by atoms with van der Waals surface area (Å²) < 4.78 is 6.39. The zero-order valence-corrected chi connectivity index (χ0v) is 13.5. The molecule has 0 atom stereocenters. The number of rotatable bonds is 4. The lowest BCUT2D eigenvalue weighted by atomic mass is 10.1. The third-order valence-electron chi connectivity index (χ3n) is 2.88. The van der Waals surface area contributed by atoms with Crippen molar-refractivity contribution in [3.63, 3.8) is 0 Å². The predicted molar refractivity (Wildman–Crippen MR) is 88.9 cm³/mol. The summed E-state index contributed by atoms with van der Waals surface area (Å²) in [6, 6.07) is 10.9. The van der Waals surface area contributed by atoms with Gasteiger partial charge in [-0.2, -0.15) is 0 Å². The summed E-state index contributed by atoms with van der Waals surface area (Å²) in [5.41, 5.74) is 8.53. The molecule has 5 heteroatoms. The Balaban J connectivity index is 2.30. The first-order valence-electron chi connectivity index (χ1n) is 6.61. The molecule has 2 aromatic rings. The van der Waals surface area contributed by atoms with E-state index in [1.54, 1.807) is 18.2 Å². The van der Waals surface area contributed by atoms with Crippen LogP contribution in [-0.4, -0.2) is 12.5 Å². The summed E-state index contributed by atoms with van der Waals surface area (Å²) in [7, 11) is 0. The molecule has 2 aromatic carbocycles. The summed E-state index contributed by atoms with van der Waals surface area (Å²) in [4.78, 5) is 12.4. The lowest BCUT2D eigenvalue weighted by Gasteiger charge is -2.13. The van der Waals surface area contributed by atoms with Crippen LogP contribution in [0.4, 0.5) is 11.4 Å². The van der Waals surface area contributed by atoms with E-state index in [0.29, 0.717) is 23.6 Å². The van der Waals surface area contributed by atoms with E-state index in [4.69, 9.17) is 10.5 Å². The molecular weight excluding hydrogens is 332 g/mol. The molecule has 0 aliphatic heterocycles. The van der Waals surface area contributed by atoms with Gasteiger partial charge in [0.05, 0.1) is 17.9 Å². The first kappa shape index (κ1) is 15.4. The lowest BCUT2D eigenvalue weighted by molar-refractivity contribution is 0.102. The van der Waals surface area contributed by atoms with Crippen LogP contribution in [0.2, 0.25) is 0 Å². The van der Waals surface area contributed by atoms with Gasteiger partial charge in [0, 0.05) is 10.2 Å². The molecule has 0 heterocycles. The molecule has 4 nitrogen and oxygen atoms in total. The zero-order valence-electron chi connectivity index (χ0n) is 11.9. The molecule has 0 bridgehead atoms. The van der Waals surface area contributed by atoms with Crippen molar-refractivity contribution in [1.82, 2.24) is 0 Å². The largest absolute Gasteiger partial charge is 0.491 e. The van der Waals surface area contributed by atoms with Crippen LogP contribution in [0, 0.1) is 6.92 Å². The number of hydrogen-bond acceptors (Lipinski definition) is 3. The number of nitrogens with one attached hydrogen (secondary N) is 1. The van der Waals surface area contributed by atoms with E-state index in [1.165, 1.54) is 0 Å². The Morgan fingerprint density at radius 2 is 2.10 bits per heavy atom. The number of para-hydroxylation sites is 1. The number of nitrogens with two attached hydrogens (primary N) is 1. The highest BCUT2D eigenvalue weighted by molar-refractivity contribution is 9.10. The first-order valence-corrected chi connectivity index (χ1v) is 7.40. The number of nitrogen functional groups attached to an aromatic ring is 1. The van der Waals surface area contributed by atoms with Gasteiger partial charge < -0.3 is 15.8 Å². The Morgan fingerprint density at radius 3 is 2.76 bits per heavy atom. The van der Waals surface area contributed by atoms with Crippen molar-refractivity contribution in [2.45, 2.75) is 13.8 Å². The van der Waals surface area contributed by atoms with Gasteiger partial charge in [-0.05, 0) is 49.7 Å². The molecule has 0 aromatic heterocycles. The van der Waals surface area contributed by atoms with Gasteiger partial charge >= 0.3 is 0 Å². The van der Waals surface area contributed by atoms with Crippen molar-refractivity contribution >= 4 is 33.2 Å². The van der Waals surface area contributed by atoms with E-state index in [9.17, 15) is 4.79 Å². The monoisotopic (exact) mass is 348 g/mol. The third kappa shape index (κ3) is 3.76. The number of hydrogen-bond donors (Lipinski definition) is 2. The second-order valence-electron chi connectivity index (χ2n) is 4.63. The molecule has 110 valence electrons. The zero-order chi connectivity index (χ0) is 15.4. The second-order valence-corrected chi connectivity index (χ2v) is 5.54. The van der Waals surface area contributed by atoms with E-state index in [2.05, 4.69) is 21.2 Å². The Hall–Kier alpha value is -2.01. The lowest BCUT2D eigenvalue weighted by Crippen LogP contribution is -2.14. The predicted octanol–water partition coefficient (Wildman–Crippen LogP) is 3.99. The number of carbonyl (C=O) groups is 1. The molecule has 2 rings (SSSR count). The van der Waals surface area contributed by atoms with Crippen LogP contribution >= 0.6 is 15.9 Å². The summed E-state index contributed by atoms with van der Waals surface area (Å²) in [5.74, 6) is 0.174. The summed E-state index contributed by atoms with van der Waals surface area (Å²) in [5, 5.41) is 2.86. The maximum absolute atomic E-state index is 12.4. The van der Waals surface area contributed by atoms with Crippen molar-refractivity contribution < 1.29 is 9.53 Å². The maximum atomic E-state index is 12.4. The molecule has 0 aliphatic carbocycles. The number of aryl methyl sites for hydroxylation is 1. The minimum atomic E-state index is -0.247. The average molecular weight is 349 g/mol. The fourth-order valence-corrected chi connectivity index (χ4v) is 2.65. The Morgan fingerprint density at radius 1 is 1.33 bits per heavy atom. The number of carbonyl (C=O) groups excluding carboxylic acids is 1. The number of ether oxygens (including phenoxy) is 1. The van der Waals surface area contributed by atoms with Gasteiger partial charge in [-0.3, -0.25) is 4.79 Å². The quantitative estimate of drug-likeness (QED) is 0.821. The molecule has 0 saturated carbocycles. The number of benzene rings is 2. The summed E-state index contributed by atoms with van der Waals surface area (Å²) >= 11 is 3.41. The second kappa shape index (κ2) is 6.63. The van der Waals surface area contributed by atoms with Crippen molar-refractivity contribution in [1.29, 1.82) is 0 Å². The van der Waals surface area contributed by atoms with Crippen LogP contribution in [0.15, 0.2) is 40.9 Å². The maximum Gasteiger partial charge on any atom is 0.259 e. The van der Waals surface area contributed by atoms with E-state index in [0.717, 1.165) is 15.7 Å². The molecule has 0 fully saturated rings. The SMILES string of the molecule is CCOc1c(N)cccc1C(=O)Nc1cc(C)cc(Br)c1. The highest BCUT2D eigenvalue weighted by Crippen LogP contribution is 2.27. The number of amides is 1. The van der Waals surface area contributed by atoms with E-state index >= 15 is 0 Å². The van der Waals surface area contributed by atoms with Gasteiger partial charge in [0.2, 0.25) is 0 Å². The highest BCUT2D eigenvalue weighted by Gasteiger charge is 2.15. The molecule has 0 unspecified atom stereocenters. The minimum absolute atomic E-state index is 0.247. The van der Waals surface area contributed by atoms with Crippen molar-refractivity contribution in [2.75, 3.05) is 17.7 Å². The fourth-order valence-electron chi connectivity index (χ4n) is 2.05. The van der Waals surface area contributed by atoms with Gasteiger partial charge in [0.1, 0.15) is 0 Å². The van der Waals surface area contributed by atoms with Gasteiger partial charge in [0.15, 0.2) is 5.75 Å². The smallest absolute Gasteiger partial charge is 0.259 e.